The first-order valence-electron chi connectivity index (χ1n) is 5.19. The molecule has 0 amide bonds. The molecule has 0 saturated carbocycles. The number of hydrogen-bond donors (Lipinski definition) is 3. The molecular formula is C11H15BrN2O4. The molecule has 0 aliphatic heterocycles. The molecule has 4 N–H and O–H groups in total. The lowest BCUT2D eigenvalue weighted by Crippen LogP contribution is -2.50. The first kappa shape index (κ1) is 15.1. The van der Waals surface area contributed by atoms with Gasteiger partial charge in [0.15, 0.2) is 6.10 Å². The monoisotopic (exact) mass is 318 g/mol. The molecule has 6 nitrogen and oxygen atoms in total. The molecule has 0 fully saturated rings. The molecule has 0 radical (unpaired) electrons. The van der Waals surface area contributed by atoms with E-state index in [4.69, 9.17) is 5.84 Å². The number of benzene rings is 1. The van der Waals surface area contributed by atoms with Crippen molar-refractivity contribution in [1.29, 1.82) is 0 Å². The molecule has 1 rings (SSSR count). The van der Waals surface area contributed by atoms with Gasteiger partial charge in [-0.2, -0.15) is 0 Å². The molecular weight excluding hydrogens is 304 g/mol. The summed E-state index contributed by atoms with van der Waals surface area (Å²) in [6.07, 6.45) is -1.31. The maximum Gasteiger partial charge on any atom is 0.336 e. The summed E-state index contributed by atoms with van der Waals surface area (Å²) in [7, 11) is 1.15. The van der Waals surface area contributed by atoms with Gasteiger partial charge in [0.2, 0.25) is 0 Å². The second-order valence-corrected chi connectivity index (χ2v) is 4.66. The number of aliphatic hydroxyl groups excluding tert-OH is 1. The van der Waals surface area contributed by atoms with Crippen LogP contribution in [-0.2, 0) is 16.0 Å². The smallest absolute Gasteiger partial charge is 0.336 e. The fourth-order valence-electron chi connectivity index (χ4n) is 1.49. The van der Waals surface area contributed by atoms with E-state index in [1.807, 2.05) is 12.1 Å². The molecule has 0 heterocycles. The van der Waals surface area contributed by atoms with Crippen molar-refractivity contribution < 1.29 is 19.8 Å². The number of ether oxygens (including phenoxy) is 1. The van der Waals surface area contributed by atoms with Gasteiger partial charge in [0.25, 0.3) is 0 Å². The van der Waals surface area contributed by atoms with Crippen LogP contribution in [0.3, 0.4) is 0 Å². The molecule has 0 saturated heterocycles. The topological polar surface area (TPSA) is 96.0 Å². The van der Waals surface area contributed by atoms with Crippen LogP contribution in [0.25, 0.3) is 0 Å². The van der Waals surface area contributed by atoms with Gasteiger partial charge in [0, 0.05) is 4.47 Å². The zero-order valence-corrected chi connectivity index (χ0v) is 11.4. The van der Waals surface area contributed by atoms with Gasteiger partial charge >= 0.3 is 5.97 Å². The number of hydroxylamine groups is 1. The predicted octanol–water partition coefficient (Wildman–Crippen LogP) is 0.459. The van der Waals surface area contributed by atoms with Gasteiger partial charge in [-0.1, -0.05) is 28.1 Å². The van der Waals surface area contributed by atoms with Gasteiger partial charge in [-0.25, -0.2) is 10.6 Å². The number of esters is 1. The minimum Gasteiger partial charge on any atom is -0.467 e. The van der Waals surface area contributed by atoms with Crippen LogP contribution in [-0.4, -0.2) is 40.7 Å². The first-order chi connectivity index (χ1) is 8.45. The zero-order valence-electron chi connectivity index (χ0n) is 9.78. The van der Waals surface area contributed by atoms with Crippen molar-refractivity contribution in [3.63, 3.8) is 0 Å². The van der Waals surface area contributed by atoms with Crippen LogP contribution >= 0.6 is 15.9 Å². The van der Waals surface area contributed by atoms with E-state index in [1.54, 1.807) is 12.1 Å². The number of halogens is 1. The number of nitrogens with zero attached hydrogens (tertiary/aromatic N) is 1. The van der Waals surface area contributed by atoms with Gasteiger partial charge in [0.1, 0.15) is 0 Å². The second kappa shape index (κ2) is 6.81. The number of methoxy groups -OCH3 is 1. The van der Waals surface area contributed by atoms with Crippen LogP contribution in [0.4, 0.5) is 0 Å². The minimum absolute atomic E-state index is 0.205. The molecule has 1 aromatic carbocycles. The van der Waals surface area contributed by atoms with Crippen molar-refractivity contribution in [2.24, 2.45) is 5.84 Å². The Morgan fingerprint density at radius 3 is 2.50 bits per heavy atom. The largest absolute Gasteiger partial charge is 0.467 e. The van der Waals surface area contributed by atoms with Crippen molar-refractivity contribution in [3.05, 3.63) is 34.3 Å². The fourth-order valence-corrected chi connectivity index (χ4v) is 1.75. The third-order valence-corrected chi connectivity index (χ3v) is 3.03. The zero-order chi connectivity index (χ0) is 13.7. The second-order valence-electron chi connectivity index (χ2n) is 3.75. The molecule has 0 aliphatic rings. The highest BCUT2D eigenvalue weighted by atomic mass is 79.9. The molecule has 2 atom stereocenters. The summed E-state index contributed by atoms with van der Waals surface area (Å²) in [6, 6.07) is 6.25. The summed E-state index contributed by atoms with van der Waals surface area (Å²) in [5.74, 6) is 4.37. The van der Waals surface area contributed by atoms with Crippen molar-refractivity contribution in [3.8, 4) is 0 Å². The molecule has 2 unspecified atom stereocenters. The summed E-state index contributed by atoms with van der Waals surface area (Å²) in [5, 5.41) is 19.3. The van der Waals surface area contributed by atoms with Crippen molar-refractivity contribution in [2.75, 3.05) is 7.11 Å². The van der Waals surface area contributed by atoms with E-state index in [1.165, 1.54) is 0 Å². The highest BCUT2D eigenvalue weighted by molar-refractivity contribution is 9.10. The van der Waals surface area contributed by atoms with Crippen LogP contribution in [0.15, 0.2) is 28.7 Å². The van der Waals surface area contributed by atoms with Crippen LogP contribution in [0.1, 0.15) is 5.56 Å². The Morgan fingerprint density at radius 1 is 1.50 bits per heavy atom. The van der Waals surface area contributed by atoms with E-state index >= 15 is 0 Å². The average Bonchev–Trinajstić information content (AvgIpc) is 2.36. The molecule has 0 aromatic heterocycles. The molecule has 100 valence electrons. The van der Waals surface area contributed by atoms with Crippen molar-refractivity contribution in [2.45, 2.75) is 18.6 Å². The lowest BCUT2D eigenvalue weighted by Gasteiger charge is -2.25. The predicted molar refractivity (Wildman–Crippen MR) is 67.5 cm³/mol. The molecule has 7 heteroatoms. The highest BCUT2D eigenvalue weighted by Crippen LogP contribution is 2.14. The number of hydrogen-bond acceptors (Lipinski definition) is 6. The number of nitrogens with two attached hydrogens (primary N) is 1. The van der Waals surface area contributed by atoms with Crippen molar-refractivity contribution >= 4 is 21.9 Å². The molecule has 1 aromatic rings. The van der Waals surface area contributed by atoms with Gasteiger partial charge in [-0.15, -0.1) is 5.17 Å². The lowest BCUT2D eigenvalue weighted by molar-refractivity contribution is -0.180. The summed E-state index contributed by atoms with van der Waals surface area (Å²) in [4.78, 5) is 11.2. The maximum atomic E-state index is 11.2. The number of rotatable bonds is 5. The average molecular weight is 319 g/mol. The Bertz CT molecular complexity index is 397. The molecule has 18 heavy (non-hydrogen) atoms. The summed E-state index contributed by atoms with van der Waals surface area (Å²) in [5.41, 5.74) is 0.815. The summed E-state index contributed by atoms with van der Waals surface area (Å²) in [6.45, 7) is 0. The quantitative estimate of drug-likeness (QED) is 0.414. The Kier molecular flexibility index (Phi) is 5.70. The van der Waals surface area contributed by atoms with E-state index in [2.05, 4.69) is 20.7 Å². The van der Waals surface area contributed by atoms with Crippen LogP contribution in [0, 0.1) is 0 Å². The van der Waals surface area contributed by atoms with Gasteiger partial charge in [-0.05, 0) is 24.1 Å². The Morgan fingerprint density at radius 2 is 2.06 bits per heavy atom. The number of aliphatic hydroxyl groups is 1. The fraction of sp³-hybridized carbons (Fsp3) is 0.364. The first-order valence-corrected chi connectivity index (χ1v) is 5.98. The normalized spacial score (nSPS) is 14.3. The van der Waals surface area contributed by atoms with E-state index in [0.29, 0.717) is 5.17 Å². The van der Waals surface area contributed by atoms with Crippen LogP contribution < -0.4 is 5.84 Å². The van der Waals surface area contributed by atoms with Crippen molar-refractivity contribution in [1.82, 2.24) is 5.17 Å². The Labute approximate surface area is 113 Å². The Hall–Kier alpha value is -0.990. The number of hydrazine groups is 1. The Balaban J connectivity index is 2.80. The van der Waals surface area contributed by atoms with E-state index in [9.17, 15) is 15.1 Å². The lowest BCUT2D eigenvalue weighted by atomic mass is 10.0. The van der Waals surface area contributed by atoms with E-state index in [0.717, 1.165) is 17.1 Å². The SMILES string of the molecule is COC(=O)C(O)C(Cc1ccc(Br)cc1)N(N)O. The molecule has 0 aliphatic carbocycles. The molecule has 0 bridgehead atoms. The standard InChI is InChI=1S/C11H15BrN2O4/c1-18-11(16)10(15)9(14(13)17)6-7-2-4-8(12)5-3-7/h2-5,9-10,15,17H,6,13H2,1H3. The van der Waals surface area contributed by atoms with Crippen LogP contribution in [0.5, 0.6) is 0 Å². The summed E-state index contributed by atoms with van der Waals surface area (Å²) < 4.78 is 5.32. The third kappa shape index (κ3) is 4.04. The number of carbonyl (C=O) groups excluding carboxylic acids is 1. The minimum atomic E-state index is -1.52. The van der Waals surface area contributed by atoms with Gasteiger partial charge < -0.3 is 9.84 Å². The van der Waals surface area contributed by atoms with E-state index in [-0.39, 0.29) is 6.42 Å². The number of carbonyl (C=O) groups is 1. The summed E-state index contributed by atoms with van der Waals surface area (Å²) >= 11 is 3.30. The third-order valence-electron chi connectivity index (χ3n) is 2.51. The van der Waals surface area contributed by atoms with Gasteiger partial charge in [0.05, 0.1) is 13.2 Å². The molecule has 0 spiro atoms. The van der Waals surface area contributed by atoms with E-state index < -0.39 is 18.1 Å². The van der Waals surface area contributed by atoms with Crippen LogP contribution in [0.2, 0.25) is 0 Å². The van der Waals surface area contributed by atoms with Gasteiger partial charge in [-0.3, -0.25) is 5.21 Å². The highest BCUT2D eigenvalue weighted by Gasteiger charge is 2.30. The maximum absolute atomic E-state index is 11.2.